The summed E-state index contributed by atoms with van der Waals surface area (Å²) in [6.45, 7) is 17.8. The number of hydrogen-bond acceptors (Lipinski definition) is 2. The predicted octanol–water partition coefficient (Wildman–Crippen LogP) is 5.17. The summed E-state index contributed by atoms with van der Waals surface area (Å²) in [6.07, 6.45) is 3.51. The van der Waals surface area contributed by atoms with E-state index < -0.39 is 16.8 Å². The normalized spacial score (nSPS) is 30.9. The molecular formula is C22H28F2N2. The van der Waals surface area contributed by atoms with Gasteiger partial charge in [-0.3, -0.25) is 0 Å². The first kappa shape index (κ1) is 18.7. The third-order valence-corrected chi connectivity index (χ3v) is 5.95. The molecule has 4 rings (SSSR count). The second-order valence-electron chi connectivity index (χ2n) is 7.50. The molecule has 140 valence electrons. The third-order valence-electron chi connectivity index (χ3n) is 5.95. The van der Waals surface area contributed by atoms with Crippen molar-refractivity contribution in [3.63, 3.8) is 0 Å². The Balaban J connectivity index is 0.000000613. The number of nitrogens with zero attached hydrogens (tertiary/aromatic N) is 2. The molecular weight excluding hydrogens is 330 g/mol. The van der Waals surface area contributed by atoms with Crippen LogP contribution in [-0.2, 0) is 5.41 Å². The van der Waals surface area contributed by atoms with E-state index in [-0.39, 0.29) is 0 Å². The van der Waals surface area contributed by atoms with E-state index in [1.165, 1.54) is 6.42 Å². The van der Waals surface area contributed by atoms with Crippen molar-refractivity contribution in [1.29, 1.82) is 0 Å². The van der Waals surface area contributed by atoms with Gasteiger partial charge in [-0.1, -0.05) is 70.3 Å². The number of benzene rings is 1. The molecule has 2 atom stereocenters. The predicted molar refractivity (Wildman–Crippen MR) is 103 cm³/mol. The fraction of sp³-hybridized carbons (Fsp3) is 0.455. The minimum Gasteiger partial charge on any atom is -0.368 e. The molecule has 2 saturated carbocycles. The van der Waals surface area contributed by atoms with Crippen molar-refractivity contribution in [2.24, 2.45) is 5.41 Å². The number of rotatable bonds is 4. The molecule has 1 saturated heterocycles. The Hall–Kier alpha value is -2.10. The molecule has 2 unspecified atom stereocenters. The van der Waals surface area contributed by atoms with Gasteiger partial charge in [-0.05, 0) is 18.2 Å². The lowest BCUT2D eigenvalue weighted by atomic mass is 10.0. The van der Waals surface area contributed by atoms with Crippen LogP contribution in [0, 0.1) is 5.41 Å². The van der Waals surface area contributed by atoms with Gasteiger partial charge in [-0.2, -0.15) is 0 Å². The SMILES string of the molecule is C=CN1CCN(CC23CC2(c2ccccc2)C3(F)F)C(=C)C1=C.CCC. The highest BCUT2D eigenvalue weighted by molar-refractivity contribution is 5.59. The molecule has 1 heterocycles. The van der Waals surface area contributed by atoms with Crippen molar-refractivity contribution in [3.8, 4) is 0 Å². The van der Waals surface area contributed by atoms with Crippen molar-refractivity contribution in [3.05, 3.63) is 73.2 Å². The molecule has 2 aliphatic carbocycles. The molecule has 0 amide bonds. The standard InChI is InChI=1S/C19H20F2N2.C3H8/c1-4-22-10-11-23(15(3)14(22)2)13-17-12-18(17,19(17,20)21)16-8-6-5-7-9-16;1-3-2/h4-9H,1-3,10-13H2;3H2,1-2H3. The van der Waals surface area contributed by atoms with E-state index in [9.17, 15) is 8.78 Å². The molecule has 4 heteroatoms. The molecule has 0 spiro atoms. The van der Waals surface area contributed by atoms with Crippen LogP contribution >= 0.6 is 0 Å². The summed E-state index contributed by atoms with van der Waals surface area (Å²) in [5.74, 6) is -2.63. The zero-order valence-corrected chi connectivity index (χ0v) is 15.8. The van der Waals surface area contributed by atoms with Gasteiger partial charge in [0, 0.05) is 19.6 Å². The van der Waals surface area contributed by atoms with Crippen LogP contribution in [0.4, 0.5) is 8.78 Å². The van der Waals surface area contributed by atoms with Crippen LogP contribution in [-0.4, -0.2) is 35.4 Å². The number of halogens is 2. The summed E-state index contributed by atoms with van der Waals surface area (Å²) in [5.41, 5.74) is 0.346. The van der Waals surface area contributed by atoms with Gasteiger partial charge in [0.2, 0.25) is 0 Å². The Bertz CT molecular complexity index is 727. The zero-order chi connectivity index (χ0) is 19.2. The smallest absolute Gasteiger partial charge is 0.266 e. The highest BCUT2D eigenvalue weighted by Gasteiger charge is 3.04. The highest BCUT2D eigenvalue weighted by Crippen LogP contribution is 2.94. The van der Waals surface area contributed by atoms with Crippen molar-refractivity contribution >= 4 is 0 Å². The summed E-state index contributed by atoms with van der Waals surface area (Å²) in [4.78, 5) is 3.88. The zero-order valence-electron chi connectivity index (χ0n) is 15.8. The molecule has 3 fully saturated rings. The topological polar surface area (TPSA) is 6.48 Å². The quantitative estimate of drug-likeness (QED) is 0.733. The first-order chi connectivity index (χ1) is 12.3. The van der Waals surface area contributed by atoms with Crippen LogP contribution in [0.1, 0.15) is 32.3 Å². The maximum Gasteiger partial charge on any atom is 0.266 e. The Morgan fingerprint density at radius 1 is 1.08 bits per heavy atom. The first-order valence-electron chi connectivity index (χ1n) is 9.28. The molecule has 2 nitrogen and oxygen atoms in total. The van der Waals surface area contributed by atoms with Gasteiger partial charge < -0.3 is 9.80 Å². The molecule has 1 aromatic carbocycles. The Kier molecular flexibility index (Phi) is 4.50. The fourth-order valence-corrected chi connectivity index (χ4v) is 4.32. The van der Waals surface area contributed by atoms with Gasteiger partial charge in [0.1, 0.15) is 0 Å². The Morgan fingerprint density at radius 3 is 2.23 bits per heavy atom. The Labute approximate surface area is 155 Å². The van der Waals surface area contributed by atoms with Crippen molar-refractivity contribution in [2.75, 3.05) is 19.6 Å². The van der Waals surface area contributed by atoms with Gasteiger partial charge in [-0.15, -0.1) is 0 Å². The minimum atomic E-state index is -2.63. The van der Waals surface area contributed by atoms with Gasteiger partial charge in [0.15, 0.2) is 0 Å². The van der Waals surface area contributed by atoms with Gasteiger partial charge in [0.25, 0.3) is 5.92 Å². The maximum atomic E-state index is 14.6. The first-order valence-corrected chi connectivity index (χ1v) is 9.28. The molecule has 0 aromatic heterocycles. The third kappa shape index (κ3) is 2.27. The van der Waals surface area contributed by atoms with Crippen LogP contribution < -0.4 is 0 Å². The van der Waals surface area contributed by atoms with Crippen molar-refractivity contribution in [1.82, 2.24) is 9.80 Å². The van der Waals surface area contributed by atoms with Crippen LogP contribution in [0.15, 0.2) is 67.7 Å². The van der Waals surface area contributed by atoms with Crippen molar-refractivity contribution in [2.45, 2.75) is 38.0 Å². The molecule has 3 aliphatic rings. The summed E-state index contributed by atoms with van der Waals surface area (Å²) < 4.78 is 29.2. The lowest BCUT2D eigenvalue weighted by molar-refractivity contribution is 0.00926. The maximum absolute atomic E-state index is 14.6. The number of hydrogen-bond donors (Lipinski definition) is 0. The summed E-state index contributed by atoms with van der Waals surface area (Å²) in [5, 5.41) is 0. The van der Waals surface area contributed by atoms with Gasteiger partial charge in [0.05, 0.1) is 22.2 Å². The number of piperazine rings is 1. The average molecular weight is 358 g/mol. The summed E-state index contributed by atoms with van der Waals surface area (Å²) in [7, 11) is 0. The molecule has 0 radical (unpaired) electrons. The lowest BCUT2D eigenvalue weighted by Gasteiger charge is -2.39. The highest BCUT2D eigenvalue weighted by atomic mass is 19.3. The number of fused-ring (bicyclic) bond motifs is 1. The van der Waals surface area contributed by atoms with E-state index in [0.29, 0.717) is 26.1 Å². The molecule has 0 bridgehead atoms. The van der Waals surface area contributed by atoms with Gasteiger partial charge in [-0.25, -0.2) is 8.78 Å². The van der Waals surface area contributed by atoms with E-state index in [1.807, 2.05) is 40.1 Å². The Morgan fingerprint density at radius 2 is 1.69 bits per heavy atom. The van der Waals surface area contributed by atoms with E-state index >= 15 is 0 Å². The van der Waals surface area contributed by atoms with E-state index in [2.05, 4.69) is 33.6 Å². The minimum absolute atomic E-state index is 0.345. The van der Waals surface area contributed by atoms with Crippen molar-refractivity contribution < 1.29 is 8.78 Å². The fourth-order valence-electron chi connectivity index (χ4n) is 4.32. The largest absolute Gasteiger partial charge is 0.368 e. The second-order valence-corrected chi connectivity index (χ2v) is 7.50. The second kappa shape index (κ2) is 6.26. The van der Waals surface area contributed by atoms with E-state index in [0.717, 1.165) is 17.0 Å². The van der Waals surface area contributed by atoms with Crippen LogP contribution in [0.5, 0.6) is 0 Å². The lowest BCUT2D eigenvalue weighted by Crippen LogP contribution is -2.42. The number of alkyl halides is 2. The molecule has 26 heavy (non-hydrogen) atoms. The summed E-state index contributed by atoms with van der Waals surface area (Å²) >= 11 is 0. The van der Waals surface area contributed by atoms with Crippen LogP contribution in [0.3, 0.4) is 0 Å². The van der Waals surface area contributed by atoms with E-state index in [4.69, 9.17) is 0 Å². The molecule has 1 aliphatic heterocycles. The average Bonchev–Trinajstić information content (AvgIpc) is 3.44. The monoisotopic (exact) mass is 358 g/mol. The summed E-state index contributed by atoms with van der Waals surface area (Å²) in [6, 6.07) is 9.19. The molecule has 1 aromatic rings. The van der Waals surface area contributed by atoms with Crippen LogP contribution in [0.25, 0.3) is 0 Å². The van der Waals surface area contributed by atoms with E-state index in [1.54, 1.807) is 6.20 Å². The van der Waals surface area contributed by atoms with Gasteiger partial charge >= 0.3 is 0 Å². The molecule has 0 N–H and O–H groups in total. The van der Waals surface area contributed by atoms with Crippen LogP contribution in [0.2, 0.25) is 0 Å².